The summed E-state index contributed by atoms with van der Waals surface area (Å²) in [5.41, 5.74) is 14.5. The van der Waals surface area contributed by atoms with Crippen LogP contribution >= 0.6 is 11.6 Å². The van der Waals surface area contributed by atoms with Crippen LogP contribution in [0.2, 0.25) is 5.02 Å². The fourth-order valence-electron chi connectivity index (χ4n) is 16.9. The number of hydrogen-bond donors (Lipinski definition) is 4. The molecule has 0 aliphatic carbocycles. The minimum atomic E-state index is -4.72. The van der Waals surface area contributed by atoms with E-state index in [2.05, 4.69) is 22.8 Å². The van der Waals surface area contributed by atoms with Crippen LogP contribution in [0.15, 0.2) is 303 Å². The lowest BCUT2D eigenvalue weighted by Gasteiger charge is -2.45. The van der Waals surface area contributed by atoms with E-state index in [1.807, 2.05) is 254 Å². The number of aliphatic hydroxyl groups excluding tert-OH is 4. The maximum atomic E-state index is 14.5. The summed E-state index contributed by atoms with van der Waals surface area (Å²) in [7, 11) is 0. The molecule has 678 valence electrons. The second-order valence-corrected chi connectivity index (χ2v) is 32.5. The van der Waals surface area contributed by atoms with Crippen LogP contribution in [-0.4, -0.2) is 129 Å². The van der Waals surface area contributed by atoms with E-state index in [-0.39, 0.29) is 30.3 Å². The quantitative estimate of drug-likeness (QED) is 0.0456. The topological polar surface area (TPSA) is 116 Å². The molecule has 13 nitrogen and oxygen atoms in total. The molecule has 0 spiro atoms. The van der Waals surface area contributed by atoms with Gasteiger partial charge in [-0.3, -0.25) is 0 Å². The molecule has 4 aliphatic rings. The molecule has 28 heteroatoms. The lowest BCUT2D eigenvalue weighted by molar-refractivity contribution is -0.200. The van der Waals surface area contributed by atoms with Gasteiger partial charge in [-0.05, 0) is 150 Å². The Morgan fingerprint density at radius 3 is 0.946 bits per heavy atom. The number of aryl methyl sites for hydroxylation is 2. The molecular weight excluding hydrogens is 1710 g/mol. The van der Waals surface area contributed by atoms with Crippen molar-refractivity contribution >= 4 is 57.1 Å². The third-order valence-corrected chi connectivity index (χ3v) is 23.6. The van der Waals surface area contributed by atoms with Crippen LogP contribution in [0.3, 0.4) is 0 Å². The second kappa shape index (κ2) is 42.0. The Morgan fingerprint density at radius 2 is 0.628 bits per heavy atom. The first-order chi connectivity index (χ1) is 61.7. The highest BCUT2D eigenvalue weighted by atomic mass is 35.5. The van der Waals surface area contributed by atoms with Crippen molar-refractivity contribution in [1.82, 2.24) is 0 Å². The normalized spacial score (nSPS) is 17.2. The molecule has 4 N–H and O–H groups in total. The second-order valence-electron chi connectivity index (χ2n) is 32.1. The van der Waals surface area contributed by atoms with Gasteiger partial charge in [0.1, 0.15) is 17.4 Å². The predicted octanol–water partition coefficient (Wildman–Crippen LogP) is 22.9. The number of benzene rings is 12. The number of hydrogen-bond acceptors (Lipinski definition) is 13. The average Bonchev–Trinajstić information content (AvgIpc) is 0.775. The van der Waals surface area contributed by atoms with Crippen LogP contribution < -0.4 is 43.9 Å². The minimum absolute atomic E-state index is 0.281. The summed E-state index contributed by atoms with van der Waals surface area (Å²) in [5.74, 6) is 0.131. The summed E-state index contributed by atoms with van der Waals surface area (Å²) in [6, 6.07) is 90.0. The molecule has 0 fully saturated rings. The van der Waals surface area contributed by atoms with Crippen LogP contribution in [0.1, 0.15) is 93.6 Å². The van der Waals surface area contributed by atoms with Crippen molar-refractivity contribution in [3.8, 4) is 5.75 Å². The van der Waals surface area contributed by atoms with E-state index in [0.29, 0.717) is 86.4 Å². The lowest BCUT2D eigenvalue weighted by Crippen LogP contribution is -2.49. The summed E-state index contributed by atoms with van der Waals surface area (Å²) in [4.78, 5) is 15.0. The maximum Gasteiger partial charge on any atom is 0.416 e. The van der Waals surface area contributed by atoms with Gasteiger partial charge in [-0.15, -0.1) is 0 Å². The van der Waals surface area contributed by atoms with Crippen LogP contribution in [0, 0.1) is 18.6 Å². The molecule has 129 heavy (non-hydrogen) atoms. The Hall–Kier alpha value is -12.0. The van der Waals surface area contributed by atoms with Crippen LogP contribution in [0.25, 0.3) is 0 Å². The Bertz CT molecular complexity index is 5620. The van der Waals surface area contributed by atoms with Gasteiger partial charge in [-0.25, -0.2) is 8.78 Å². The monoisotopic (exact) mass is 1800 g/mol. The third kappa shape index (κ3) is 23.9. The number of alkyl halides is 12. The van der Waals surface area contributed by atoms with Crippen LogP contribution in [0.4, 0.5) is 107 Å². The van der Waals surface area contributed by atoms with Gasteiger partial charge in [0.25, 0.3) is 0 Å². The molecule has 0 saturated carbocycles. The number of rotatable bonds is 23. The molecular formula is C101H99ClF14N8O5. The molecule has 12 aromatic carbocycles. The molecule has 16 rings (SSSR count). The zero-order valence-electron chi connectivity index (χ0n) is 70.8. The molecule has 12 aromatic rings. The lowest BCUT2D eigenvalue weighted by atomic mass is 9.98. The van der Waals surface area contributed by atoms with E-state index in [9.17, 15) is 81.9 Å². The molecule has 0 bridgehead atoms. The fraction of sp³-hybridized carbons (Fsp3) is 0.287. The van der Waals surface area contributed by atoms with Gasteiger partial charge in [-0.2, -0.15) is 52.7 Å². The van der Waals surface area contributed by atoms with E-state index < -0.39 is 87.4 Å². The standard InChI is InChI=1S/C26H26ClF3N2O.C26H27F3N2O2.C25H24F4N2O.C24H22F4N2O/c1-2-19-14-18(12-13-21(19)27)15-31-16-24(20-8-4-3-5-9-20)32(17-25(33)26(28,29)30)23-11-7-6-10-22(23)31;1-2-33-21-12-8-9-19(15-21)16-30-17-24(20-10-4-3-5-11-20)31(18-25(32)26(27,28)29)23-14-7-6-13-22(23)30;1-17-11-12-20(26)19(13-17)14-30-15-23(18-7-3-2-4-8-18)31(16-24(32)25(27,28)29)22-10-6-5-9-21(22)30;25-19-10-6-7-17(13-19)14-29-15-22(18-8-2-1-3-9-18)30(16-23(31)24(26,27)28)21-12-5-4-11-20(21)29/h3-14,24-25,33H,2,15-17H2,1H3;3-15,24-25,32H,2,16-18H2,1H3;2-13,23-24,32H,14-16H2,1H3;1-13,22-23,31H,14-16H2/t2*24-,25+;23-,24+;22-,23+/m0000/s1. The summed E-state index contributed by atoms with van der Waals surface area (Å²) in [5, 5.41) is 40.3. The van der Waals surface area contributed by atoms with E-state index in [4.69, 9.17) is 16.3 Å². The van der Waals surface area contributed by atoms with Gasteiger partial charge < -0.3 is 64.4 Å². The summed E-state index contributed by atoms with van der Waals surface area (Å²) in [6.45, 7) is 7.78. The molecule has 4 heterocycles. The van der Waals surface area contributed by atoms with Gasteiger partial charge in [0.15, 0.2) is 24.4 Å². The number of ether oxygens (including phenoxy) is 1. The SMILES string of the molecule is CCOc1cccc(CN2C[C@@H](c3ccccc3)N(C[C@@H](O)C(F)(F)F)c3ccccc32)c1.CCc1cc(CN2C[C@@H](c3ccccc3)N(C[C@@H](O)C(F)(F)F)c3ccccc32)ccc1Cl.Cc1ccc(F)c(CN2C[C@@H](c3ccccc3)N(C[C@@H](O)C(F)(F)F)c3ccccc32)c1.O[C@H](CN1c2ccccc2N(Cc2cccc(F)c2)C[C@H]1c1ccccc1)C(F)(F)F. The number of anilines is 8. The van der Waals surface area contributed by atoms with Gasteiger partial charge >= 0.3 is 24.7 Å². The van der Waals surface area contributed by atoms with Crippen molar-refractivity contribution in [2.45, 2.75) is 127 Å². The molecule has 0 saturated heterocycles. The molecule has 0 unspecified atom stereocenters. The first-order valence-electron chi connectivity index (χ1n) is 42.3. The zero-order chi connectivity index (χ0) is 91.9. The Labute approximate surface area is 746 Å². The molecule has 0 aromatic heterocycles. The minimum Gasteiger partial charge on any atom is -0.494 e. The Balaban J connectivity index is 0.000000147. The molecule has 0 radical (unpaired) electrons. The largest absolute Gasteiger partial charge is 0.494 e. The maximum absolute atomic E-state index is 14.5. The van der Waals surface area contributed by atoms with Gasteiger partial charge in [0.2, 0.25) is 0 Å². The zero-order valence-corrected chi connectivity index (χ0v) is 71.6. The van der Waals surface area contributed by atoms with Crippen molar-refractivity contribution in [3.05, 3.63) is 376 Å². The van der Waals surface area contributed by atoms with Gasteiger partial charge in [0.05, 0.1) is 102 Å². The summed E-state index contributed by atoms with van der Waals surface area (Å²) >= 11 is 6.29. The Kier molecular flexibility index (Phi) is 30.8. The van der Waals surface area contributed by atoms with Crippen molar-refractivity contribution in [3.63, 3.8) is 0 Å². The summed E-state index contributed by atoms with van der Waals surface area (Å²) < 4.78 is 193. The highest BCUT2D eigenvalue weighted by molar-refractivity contribution is 6.31. The average molecular weight is 1810 g/mol. The number of nitrogens with zero attached hydrogens (tertiary/aromatic N) is 8. The number of para-hydroxylation sites is 8. The Morgan fingerprint density at radius 1 is 0.326 bits per heavy atom. The number of β-amino-alcohol motifs (C(OH)–C–C–N with tert-alkyl or cyclic N) is 4. The van der Waals surface area contributed by atoms with E-state index in [1.54, 1.807) is 68.1 Å². The first kappa shape index (κ1) is 94.6. The number of aliphatic hydroxyl groups is 4. The highest BCUT2D eigenvalue weighted by Crippen LogP contribution is 2.48. The van der Waals surface area contributed by atoms with Crippen molar-refractivity contribution in [2.75, 3.05) is 98.2 Å². The molecule has 4 aliphatic heterocycles. The third-order valence-electron chi connectivity index (χ3n) is 23.2. The fourth-order valence-corrected chi connectivity index (χ4v) is 17.2. The smallest absolute Gasteiger partial charge is 0.416 e. The highest BCUT2D eigenvalue weighted by Gasteiger charge is 2.47. The predicted molar refractivity (Wildman–Crippen MR) is 480 cm³/mol. The summed E-state index contributed by atoms with van der Waals surface area (Å²) in [6.07, 6.45) is -27.8. The van der Waals surface area contributed by atoms with Gasteiger partial charge in [-0.1, -0.05) is 242 Å². The molecule has 0 amide bonds. The van der Waals surface area contributed by atoms with E-state index >= 15 is 0 Å². The van der Waals surface area contributed by atoms with Gasteiger partial charge in [0, 0.05) is 62.9 Å². The van der Waals surface area contributed by atoms with Crippen molar-refractivity contribution < 1.29 is 86.6 Å². The number of fused-ring (bicyclic) bond motifs is 4. The van der Waals surface area contributed by atoms with Crippen molar-refractivity contribution in [1.29, 1.82) is 0 Å². The first-order valence-corrected chi connectivity index (χ1v) is 42.7. The number of halogens is 15. The van der Waals surface area contributed by atoms with E-state index in [0.717, 1.165) is 84.3 Å². The van der Waals surface area contributed by atoms with Crippen LogP contribution in [0.5, 0.6) is 5.75 Å². The van der Waals surface area contributed by atoms with Crippen molar-refractivity contribution in [2.24, 2.45) is 0 Å². The van der Waals surface area contributed by atoms with Crippen LogP contribution in [-0.2, 0) is 32.6 Å². The molecule has 8 atom stereocenters. The van der Waals surface area contributed by atoms with E-state index in [1.165, 1.54) is 18.2 Å².